The van der Waals surface area contributed by atoms with Crippen LogP contribution < -0.4 is 9.47 Å². The van der Waals surface area contributed by atoms with Gasteiger partial charge in [-0.25, -0.2) is 4.39 Å². The number of nitrogens with zero attached hydrogens (tertiary/aromatic N) is 1. The molecule has 0 radical (unpaired) electrons. The normalized spacial score (nSPS) is 14.8. The Hall–Kier alpha value is -2.85. The van der Waals surface area contributed by atoms with Crippen molar-refractivity contribution in [2.75, 3.05) is 20.2 Å². The third-order valence-corrected chi connectivity index (χ3v) is 5.51. The Labute approximate surface area is 171 Å². The minimum atomic E-state index is -0.335. The highest BCUT2D eigenvalue weighted by Gasteiger charge is 2.20. The van der Waals surface area contributed by atoms with Crippen molar-refractivity contribution >= 4 is 0 Å². The molecule has 1 unspecified atom stereocenters. The Morgan fingerprint density at radius 2 is 1.66 bits per heavy atom. The van der Waals surface area contributed by atoms with Crippen molar-refractivity contribution in [3.8, 4) is 11.5 Å². The highest BCUT2D eigenvalue weighted by molar-refractivity contribution is 5.31. The van der Waals surface area contributed by atoms with Crippen LogP contribution in [-0.4, -0.2) is 25.1 Å². The number of para-hydroxylation sites is 1. The van der Waals surface area contributed by atoms with Crippen molar-refractivity contribution in [1.82, 2.24) is 4.90 Å². The number of fused-ring (bicyclic) bond motifs is 1. The number of hydrogen-bond donors (Lipinski definition) is 0. The van der Waals surface area contributed by atoms with Crippen LogP contribution in [-0.2, 0) is 13.0 Å². The van der Waals surface area contributed by atoms with Gasteiger partial charge >= 0.3 is 0 Å². The Balaban J connectivity index is 1.48. The maximum absolute atomic E-state index is 14.2. The summed E-state index contributed by atoms with van der Waals surface area (Å²) < 4.78 is 25.6. The molecule has 0 bridgehead atoms. The molecule has 0 saturated heterocycles. The summed E-state index contributed by atoms with van der Waals surface area (Å²) in [5.41, 5.74) is 3.86. The van der Waals surface area contributed by atoms with Gasteiger partial charge in [0.05, 0.1) is 7.11 Å². The van der Waals surface area contributed by atoms with Crippen molar-refractivity contribution in [3.63, 3.8) is 0 Å². The topological polar surface area (TPSA) is 21.7 Å². The molecule has 29 heavy (non-hydrogen) atoms. The predicted molar refractivity (Wildman–Crippen MR) is 113 cm³/mol. The summed E-state index contributed by atoms with van der Waals surface area (Å²) in [4.78, 5) is 2.45. The molecule has 3 aromatic rings. The first-order valence-electron chi connectivity index (χ1n) is 10.1. The molecule has 0 N–H and O–H groups in total. The van der Waals surface area contributed by atoms with E-state index in [1.165, 1.54) is 17.2 Å². The summed E-state index contributed by atoms with van der Waals surface area (Å²) in [5.74, 6) is 0.751. The van der Waals surface area contributed by atoms with E-state index in [-0.39, 0.29) is 17.7 Å². The molecule has 0 saturated carbocycles. The van der Waals surface area contributed by atoms with E-state index in [0.717, 1.165) is 43.8 Å². The van der Waals surface area contributed by atoms with Crippen LogP contribution in [0.4, 0.5) is 4.39 Å². The van der Waals surface area contributed by atoms with Crippen LogP contribution in [0.25, 0.3) is 0 Å². The number of rotatable bonds is 7. The van der Waals surface area contributed by atoms with Crippen molar-refractivity contribution in [2.24, 2.45) is 0 Å². The number of methoxy groups -OCH3 is 1. The van der Waals surface area contributed by atoms with Crippen LogP contribution in [0.5, 0.6) is 11.5 Å². The van der Waals surface area contributed by atoms with E-state index in [1.54, 1.807) is 25.3 Å². The molecule has 1 aliphatic heterocycles. The quantitative estimate of drug-likeness (QED) is 0.538. The second-order valence-corrected chi connectivity index (χ2v) is 7.39. The standard InChI is InChI=1S/C25H26FNO2/c1-28-22-12-10-20(11-13-22)24(29-25-9-5-4-8-23(25)26)15-17-27-16-14-19-6-2-3-7-21(19)18-27/h2-13,24H,14-18H2,1H3. The fourth-order valence-electron chi connectivity index (χ4n) is 3.85. The lowest BCUT2D eigenvalue weighted by Gasteiger charge is -2.30. The van der Waals surface area contributed by atoms with E-state index >= 15 is 0 Å². The van der Waals surface area contributed by atoms with Gasteiger partial charge in [-0.3, -0.25) is 4.90 Å². The minimum Gasteiger partial charge on any atom is -0.497 e. The monoisotopic (exact) mass is 391 g/mol. The molecule has 0 spiro atoms. The van der Waals surface area contributed by atoms with E-state index in [9.17, 15) is 4.39 Å². The molecule has 0 amide bonds. The molecular formula is C25H26FNO2. The number of halogens is 1. The Bertz CT molecular complexity index is 942. The van der Waals surface area contributed by atoms with Crippen LogP contribution >= 0.6 is 0 Å². The fourth-order valence-corrected chi connectivity index (χ4v) is 3.85. The molecule has 0 aliphatic carbocycles. The highest BCUT2D eigenvalue weighted by Crippen LogP contribution is 2.29. The van der Waals surface area contributed by atoms with Gasteiger partial charge in [0.1, 0.15) is 11.9 Å². The molecule has 1 aliphatic rings. The van der Waals surface area contributed by atoms with Crippen molar-refractivity contribution in [2.45, 2.75) is 25.5 Å². The van der Waals surface area contributed by atoms with Gasteiger partial charge < -0.3 is 9.47 Å². The van der Waals surface area contributed by atoms with Crippen LogP contribution in [0.2, 0.25) is 0 Å². The molecule has 0 aromatic heterocycles. The van der Waals surface area contributed by atoms with Crippen molar-refractivity contribution in [1.29, 1.82) is 0 Å². The first-order chi connectivity index (χ1) is 14.2. The number of ether oxygens (including phenoxy) is 2. The van der Waals surface area contributed by atoms with E-state index in [2.05, 4.69) is 29.2 Å². The minimum absolute atomic E-state index is 0.227. The average Bonchev–Trinajstić information content (AvgIpc) is 2.78. The molecule has 1 atom stereocenters. The molecule has 4 rings (SSSR count). The summed E-state index contributed by atoms with van der Waals surface area (Å²) in [7, 11) is 1.65. The maximum atomic E-state index is 14.2. The van der Waals surface area contributed by atoms with Gasteiger partial charge in [0.15, 0.2) is 11.6 Å². The second kappa shape index (κ2) is 9.10. The molecule has 0 fully saturated rings. The zero-order valence-electron chi connectivity index (χ0n) is 16.7. The zero-order chi connectivity index (χ0) is 20.1. The van der Waals surface area contributed by atoms with Gasteiger partial charge in [0, 0.05) is 26.1 Å². The van der Waals surface area contributed by atoms with E-state index in [4.69, 9.17) is 9.47 Å². The fraction of sp³-hybridized carbons (Fsp3) is 0.280. The zero-order valence-corrected chi connectivity index (χ0v) is 16.7. The number of benzene rings is 3. The van der Waals surface area contributed by atoms with Crippen molar-refractivity contribution in [3.05, 3.63) is 95.3 Å². The maximum Gasteiger partial charge on any atom is 0.165 e. The molecule has 3 nitrogen and oxygen atoms in total. The molecule has 4 heteroatoms. The van der Waals surface area contributed by atoms with Crippen LogP contribution in [0.15, 0.2) is 72.8 Å². The molecule has 1 heterocycles. The summed E-state index contributed by atoms with van der Waals surface area (Å²) in [6.45, 7) is 2.87. The van der Waals surface area contributed by atoms with E-state index < -0.39 is 0 Å². The van der Waals surface area contributed by atoms with E-state index in [0.29, 0.717) is 0 Å². The van der Waals surface area contributed by atoms with Gasteiger partial charge in [0.25, 0.3) is 0 Å². The molecular weight excluding hydrogens is 365 g/mol. The van der Waals surface area contributed by atoms with Crippen molar-refractivity contribution < 1.29 is 13.9 Å². The molecule has 150 valence electrons. The predicted octanol–water partition coefficient (Wildman–Crippen LogP) is 5.40. The average molecular weight is 391 g/mol. The van der Waals surface area contributed by atoms with Crippen LogP contribution in [0, 0.1) is 5.82 Å². The third-order valence-electron chi connectivity index (χ3n) is 5.51. The first-order valence-corrected chi connectivity index (χ1v) is 10.1. The van der Waals surface area contributed by atoms with Gasteiger partial charge in [-0.1, -0.05) is 48.5 Å². The SMILES string of the molecule is COc1ccc(C(CCN2CCc3ccccc3C2)Oc2ccccc2F)cc1. The summed E-state index contributed by atoms with van der Waals surface area (Å²) in [6, 6.07) is 23.1. The first kappa shape index (κ1) is 19.5. The highest BCUT2D eigenvalue weighted by atomic mass is 19.1. The van der Waals surface area contributed by atoms with Crippen LogP contribution in [0.1, 0.15) is 29.2 Å². The smallest absolute Gasteiger partial charge is 0.165 e. The third kappa shape index (κ3) is 4.77. The van der Waals surface area contributed by atoms with Gasteiger partial charge in [-0.15, -0.1) is 0 Å². The summed E-state index contributed by atoms with van der Waals surface area (Å²) >= 11 is 0. The van der Waals surface area contributed by atoms with Gasteiger partial charge in [0.2, 0.25) is 0 Å². The van der Waals surface area contributed by atoms with Gasteiger partial charge in [-0.2, -0.15) is 0 Å². The lowest BCUT2D eigenvalue weighted by Crippen LogP contribution is -2.32. The Morgan fingerprint density at radius 1 is 0.931 bits per heavy atom. The van der Waals surface area contributed by atoms with E-state index in [1.807, 2.05) is 24.3 Å². The number of hydrogen-bond acceptors (Lipinski definition) is 3. The van der Waals surface area contributed by atoms with Gasteiger partial charge in [-0.05, 0) is 47.4 Å². The largest absolute Gasteiger partial charge is 0.497 e. The van der Waals surface area contributed by atoms with Crippen LogP contribution in [0.3, 0.4) is 0 Å². The second-order valence-electron chi connectivity index (χ2n) is 7.39. The summed E-state index contributed by atoms with van der Waals surface area (Å²) in [6.07, 6.45) is 1.62. The molecule has 3 aromatic carbocycles. The lowest BCUT2D eigenvalue weighted by molar-refractivity contribution is 0.152. The summed E-state index contributed by atoms with van der Waals surface area (Å²) in [5, 5.41) is 0. The Morgan fingerprint density at radius 3 is 2.41 bits per heavy atom. The lowest BCUT2D eigenvalue weighted by atomic mass is 9.99. The Kier molecular flexibility index (Phi) is 6.11.